The van der Waals surface area contributed by atoms with Crippen molar-refractivity contribution in [1.29, 1.82) is 0 Å². The quantitative estimate of drug-likeness (QED) is 0.836. The van der Waals surface area contributed by atoms with Crippen molar-refractivity contribution in [1.82, 2.24) is 0 Å². The molecule has 1 rings (SSSR count). The van der Waals surface area contributed by atoms with E-state index >= 15 is 0 Å². The second-order valence-corrected chi connectivity index (χ2v) is 2.82. The Labute approximate surface area is 92.8 Å². The molecule has 0 unspecified atom stereocenters. The number of hydrogen-bond donors (Lipinski definition) is 2. The maximum absolute atomic E-state index is 13.5. The van der Waals surface area contributed by atoms with Crippen molar-refractivity contribution in [3.8, 4) is 5.75 Å². The van der Waals surface area contributed by atoms with Gasteiger partial charge in [-0.05, 0) is 12.1 Å². The number of benzene rings is 1. The Hall–Kier alpha value is -0.910. The van der Waals surface area contributed by atoms with Crippen LogP contribution in [0.1, 0.15) is 11.6 Å². The van der Waals surface area contributed by atoms with Gasteiger partial charge in [-0.2, -0.15) is 0 Å². The van der Waals surface area contributed by atoms with Gasteiger partial charge in [0.1, 0.15) is 5.82 Å². The molecule has 0 amide bonds. The summed E-state index contributed by atoms with van der Waals surface area (Å²) in [5.41, 5.74) is 10.5. The third-order valence-corrected chi connectivity index (χ3v) is 1.94. The molecule has 0 radical (unpaired) electrons. The van der Waals surface area contributed by atoms with E-state index in [1.165, 1.54) is 13.2 Å². The zero-order valence-corrected chi connectivity index (χ0v) is 8.98. The van der Waals surface area contributed by atoms with E-state index in [1.807, 2.05) is 0 Å². The minimum atomic E-state index is -0.856. The topological polar surface area (TPSA) is 61.3 Å². The molecule has 0 aliphatic heterocycles. The molecule has 1 aromatic carbocycles. The van der Waals surface area contributed by atoms with E-state index in [2.05, 4.69) is 0 Å². The van der Waals surface area contributed by atoms with Gasteiger partial charge in [-0.1, -0.05) is 0 Å². The van der Waals surface area contributed by atoms with Crippen LogP contribution in [0.4, 0.5) is 8.78 Å². The molecular weight excluding hydrogens is 226 g/mol. The van der Waals surface area contributed by atoms with Gasteiger partial charge in [0, 0.05) is 18.2 Å². The van der Waals surface area contributed by atoms with Gasteiger partial charge < -0.3 is 16.2 Å². The van der Waals surface area contributed by atoms with Crippen molar-refractivity contribution >= 4 is 12.4 Å². The Morgan fingerprint density at radius 1 is 1.40 bits per heavy atom. The van der Waals surface area contributed by atoms with Gasteiger partial charge in [0.15, 0.2) is 11.6 Å². The van der Waals surface area contributed by atoms with Crippen LogP contribution >= 0.6 is 12.4 Å². The van der Waals surface area contributed by atoms with Crippen LogP contribution in [-0.2, 0) is 0 Å². The lowest BCUT2D eigenvalue weighted by Gasteiger charge is -2.13. The van der Waals surface area contributed by atoms with E-state index in [0.29, 0.717) is 0 Å². The minimum Gasteiger partial charge on any atom is -0.494 e. The van der Waals surface area contributed by atoms with E-state index < -0.39 is 17.7 Å². The smallest absolute Gasteiger partial charge is 0.172 e. The second kappa shape index (κ2) is 5.85. The molecule has 1 atom stereocenters. The summed E-state index contributed by atoms with van der Waals surface area (Å²) in [6.07, 6.45) is 0. The molecule has 0 saturated carbocycles. The van der Waals surface area contributed by atoms with Crippen LogP contribution in [0.3, 0.4) is 0 Å². The molecule has 0 heterocycles. The lowest BCUT2D eigenvalue weighted by atomic mass is 10.1. The maximum atomic E-state index is 13.5. The van der Waals surface area contributed by atoms with Gasteiger partial charge in [-0.15, -0.1) is 12.4 Å². The summed E-state index contributed by atoms with van der Waals surface area (Å²) in [7, 11) is 1.30. The highest BCUT2D eigenvalue weighted by molar-refractivity contribution is 5.85. The van der Waals surface area contributed by atoms with Gasteiger partial charge in [0.2, 0.25) is 0 Å². The molecule has 0 bridgehead atoms. The summed E-state index contributed by atoms with van der Waals surface area (Å²) in [5.74, 6) is -1.53. The molecule has 86 valence electrons. The number of ether oxygens (including phenoxy) is 1. The molecule has 0 fully saturated rings. The number of hydrogen-bond acceptors (Lipinski definition) is 3. The summed E-state index contributed by atoms with van der Waals surface area (Å²) in [6.45, 7) is -0.0268. The van der Waals surface area contributed by atoms with E-state index in [0.717, 1.165) is 6.07 Å². The summed E-state index contributed by atoms with van der Waals surface area (Å²) in [4.78, 5) is 0. The maximum Gasteiger partial charge on any atom is 0.172 e. The summed E-state index contributed by atoms with van der Waals surface area (Å²) in [5, 5.41) is 0. The molecule has 4 N–H and O–H groups in total. The Bertz CT molecular complexity index is 336. The minimum absolute atomic E-state index is 0. The Balaban J connectivity index is 0.00000196. The highest BCUT2D eigenvalue weighted by atomic mass is 35.5. The van der Waals surface area contributed by atoms with E-state index in [4.69, 9.17) is 16.2 Å². The summed E-state index contributed by atoms with van der Waals surface area (Å²) >= 11 is 0. The van der Waals surface area contributed by atoms with Crippen molar-refractivity contribution in [2.45, 2.75) is 6.04 Å². The standard InChI is InChI=1S/C9H12F2N2O.ClH/c1-14-7-3-2-5(10)8(9(7)11)6(13)4-12;/h2-3,6H,4,12-13H2,1H3;1H/t6-;/m1./s1. The van der Waals surface area contributed by atoms with Gasteiger partial charge in [0.25, 0.3) is 0 Å². The van der Waals surface area contributed by atoms with Crippen LogP contribution in [0, 0.1) is 11.6 Å². The van der Waals surface area contributed by atoms with Gasteiger partial charge >= 0.3 is 0 Å². The Morgan fingerprint density at radius 2 is 2.00 bits per heavy atom. The first kappa shape index (κ1) is 14.1. The monoisotopic (exact) mass is 238 g/mol. The Morgan fingerprint density at radius 3 is 2.47 bits per heavy atom. The number of halogens is 3. The largest absolute Gasteiger partial charge is 0.494 e. The molecule has 0 aliphatic rings. The molecule has 15 heavy (non-hydrogen) atoms. The number of nitrogens with two attached hydrogens (primary N) is 2. The third-order valence-electron chi connectivity index (χ3n) is 1.94. The molecule has 6 heteroatoms. The lowest BCUT2D eigenvalue weighted by Crippen LogP contribution is -2.23. The van der Waals surface area contributed by atoms with E-state index in [-0.39, 0.29) is 30.3 Å². The average Bonchev–Trinajstić information content (AvgIpc) is 2.18. The van der Waals surface area contributed by atoms with Crippen molar-refractivity contribution in [2.24, 2.45) is 11.5 Å². The van der Waals surface area contributed by atoms with Gasteiger partial charge in [-0.25, -0.2) is 8.78 Å². The molecule has 0 spiro atoms. The number of rotatable bonds is 3. The Kier molecular flexibility index (Phi) is 5.49. The fourth-order valence-electron chi connectivity index (χ4n) is 1.16. The first-order chi connectivity index (χ1) is 6.61. The molecule has 0 saturated heterocycles. The molecular formula is C9H13ClF2N2O. The molecule has 3 nitrogen and oxygen atoms in total. The van der Waals surface area contributed by atoms with Gasteiger partial charge in [0.05, 0.1) is 7.11 Å². The highest BCUT2D eigenvalue weighted by Crippen LogP contribution is 2.26. The fraction of sp³-hybridized carbons (Fsp3) is 0.333. The normalized spacial score (nSPS) is 11.8. The zero-order valence-electron chi connectivity index (χ0n) is 8.17. The molecule has 1 aromatic rings. The van der Waals surface area contributed by atoms with Crippen molar-refractivity contribution in [3.63, 3.8) is 0 Å². The van der Waals surface area contributed by atoms with Gasteiger partial charge in [-0.3, -0.25) is 0 Å². The predicted molar refractivity (Wildman–Crippen MR) is 56.1 cm³/mol. The number of methoxy groups -OCH3 is 1. The first-order valence-electron chi connectivity index (χ1n) is 4.09. The fourth-order valence-corrected chi connectivity index (χ4v) is 1.16. The van der Waals surface area contributed by atoms with E-state index in [9.17, 15) is 8.78 Å². The zero-order chi connectivity index (χ0) is 10.7. The van der Waals surface area contributed by atoms with E-state index in [1.54, 1.807) is 0 Å². The SMILES string of the molecule is COc1ccc(F)c([C@H](N)CN)c1F.Cl. The van der Waals surface area contributed by atoms with Crippen LogP contribution in [-0.4, -0.2) is 13.7 Å². The lowest BCUT2D eigenvalue weighted by molar-refractivity contribution is 0.378. The summed E-state index contributed by atoms with van der Waals surface area (Å²) < 4.78 is 31.3. The van der Waals surface area contributed by atoms with Crippen LogP contribution < -0.4 is 16.2 Å². The van der Waals surface area contributed by atoms with Crippen molar-refractivity contribution in [2.75, 3.05) is 13.7 Å². The predicted octanol–water partition coefficient (Wildman–Crippen LogP) is 1.35. The second-order valence-electron chi connectivity index (χ2n) is 2.82. The summed E-state index contributed by atoms with van der Waals surface area (Å²) in [6, 6.07) is 1.45. The molecule has 0 aromatic heterocycles. The first-order valence-corrected chi connectivity index (χ1v) is 4.09. The van der Waals surface area contributed by atoms with Crippen molar-refractivity contribution < 1.29 is 13.5 Å². The average molecular weight is 239 g/mol. The van der Waals surface area contributed by atoms with Crippen molar-refractivity contribution in [3.05, 3.63) is 29.3 Å². The van der Waals surface area contributed by atoms with Crippen LogP contribution in [0.5, 0.6) is 5.75 Å². The van der Waals surface area contributed by atoms with Crippen LogP contribution in [0.2, 0.25) is 0 Å². The molecule has 0 aliphatic carbocycles. The third kappa shape index (κ3) is 2.77. The highest BCUT2D eigenvalue weighted by Gasteiger charge is 2.18. The van der Waals surface area contributed by atoms with Crippen LogP contribution in [0.25, 0.3) is 0 Å². The van der Waals surface area contributed by atoms with Crippen LogP contribution in [0.15, 0.2) is 12.1 Å².